The van der Waals surface area contributed by atoms with Crippen LogP contribution >= 0.6 is 0 Å². The van der Waals surface area contributed by atoms with Crippen LogP contribution in [-0.2, 0) is 0 Å². The van der Waals surface area contributed by atoms with Gasteiger partial charge >= 0.3 is 0 Å². The lowest BCUT2D eigenvalue weighted by molar-refractivity contribution is 0.0955. The van der Waals surface area contributed by atoms with Gasteiger partial charge in [-0.1, -0.05) is 36.4 Å². The third kappa shape index (κ3) is 3.57. The molecule has 0 spiro atoms. The number of nitrogens with one attached hydrogen (secondary N) is 1. The molecule has 132 valence electrons. The second-order valence-corrected chi connectivity index (χ2v) is 6.00. The topological polar surface area (TPSA) is 85.1 Å². The number of benzene rings is 3. The van der Waals surface area contributed by atoms with Gasteiger partial charge in [0, 0.05) is 5.56 Å². The second-order valence-electron chi connectivity index (χ2n) is 6.00. The fourth-order valence-electron chi connectivity index (χ4n) is 2.72. The van der Waals surface area contributed by atoms with Crippen LogP contribution in [0.1, 0.15) is 22.8 Å². The normalized spacial score (nSPS) is 11.5. The third-order valence-electron chi connectivity index (χ3n) is 4.24. The summed E-state index contributed by atoms with van der Waals surface area (Å²) in [5, 5.41) is 17.5. The highest BCUT2D eigenvalue weighted by atomic mass is 16.2. The molecule has 0 aliphatic heterocycles. The molecule has 7 heteroatoms. The number of hydrogen-bond acceptors (Lipinski definition) is 5. The van der Waals surface area contributed by atoms with Gasteiger partial charge in [-0.25, -0.2) is 10.1 Å². The monoisotopic (exact) mass is 356 g/mol. The number of carbonyl (C=O) groups is 1. The van der Waals surface area contributed by atoms with Crippen molar-refractivity contribution in [3.8, 4) is 5.69 Å². The first kappa shape index (κ1) is 16.6. The van der Waals surface area contributed by atoms with Crippen molar-refractivity contribution in [2.45, 2.75) is 6.92 Å². The Balaban J connectivity index is 1.48. The Morgan fingerprint density at radius 3 is 2.44 bits per heavy atom. The summed E-state index contributed by atoms with van der Waals surface area (Å²) in [5.41, 5.74) is 5.57. The number of hydrazone groups is 1. The molecule has 1 aromatic heterocycles. The van der Waals surface area contributed by atoms with Crippen LogP contribution < -0.4 is 5.43 Å². The Kier molecular flexibility index (Phi) is 4.40. The van der Waals surface area contributed by atoms with E-state index in [1.54, 1.807) is 24.3 Å². The standard InChI is InChI=1S/C20H16N6O/c1-14(17-7-6-15-4-2-3-5-18(15)12-17)22-23-20(27)16-8-10-19(11-9-16)26-13-21-24-25-26/h2-13H,1H3,(H,23,27). The predicted molar refractivity (Wildman–Crippen MR) is 103 cm³/mol. The summed E-state index contributed by atoms with van der Waals surface area (Å²) >= 11 is 0. The molecule has 0 fully saturated rings. The van der Waals surface area contributed by atoms with E-state index in [0.29, 0.717) is 5.56 Å². The molecule has 0 aliphatic rings. The van der Waals surface area contributed by atoms with Crippen molar-refractivity contribution >= 4 is 22.4 Å². The lowest BCUT2D eigenvalue weighted by Gasteiger charge is -2.05. The van der Waals surface area contributed by atoms with Crippen LogP contribution in [0.5, 0.6) is 0 Å². The van der Waals surface area contributed by atoms with Crippen molar-refractivity contribution in [3.05, 3.63) is 84.2 Å². The number of rotatable bonds is 4. The van der Waals surface area contributed by atoms with E-state index < -0.39 is 0 Å². The summed E-state index contributed by atoms with van der Waals surface area (Å²) in [4.78, 5) is 12.3. The number of carbonyl (C=O) groups excluding carboxylic acids is 1. The number of fused-ring (bicyclic) bond motifs is 1. The minimum Gasteiger partial charge on any atom is -0.267 e. The van der Waals surface area contributed by atoms with Crippen molar-refractivity contribution in [3.63, 3.8) is 0 Å². The Morgan fingerprint density at radius 1 is 0.963 bits per heavy atom. The zero-order chi connectivity index (χ0) is 18.6. The Bertz CT molecular complexity index is 1120. The first-order valence-corrected chi connectivity index (χ1v) is 8.38. The van der Waals surface area contributed by atoms with E-state index in [0.717, 1.165) is 22.3 Å². The number of hydrogen-bond donors (Lipinski definition) is 1. The van der Waals surface area contributed by atoms with Crippen LogP contribution in [0.4, 0.5) is 0 Å². The summed E-state index contributed by atoms with van der Waals surface area (Å²) in [7, 11) is 0. The summed E-state index contributed by atoms with van der Waals surface area (Å²) in [6.45, 7) is 1.87. The van der Waals surface area contributed by atoms with Crippen LogP contribution in [0.15, 0.2) is 78.2 Å². The molecule has 4 aromatic rings. The maximum atomic E-state index is 12.3. The summed E-state index contributed by atoms with van der Waals surface area (Å²) in [5.74, 6) is -0.279. The van der Waals surface area contributed by atoms with Gasteiger partial charge in [-0.2, -0.15) is 5.10 Å². The van der Waals surface area contributed by atoms with Crippen LogP contribution in [-0.4, -0.2) is 31.8 Å². The molecule has 0 atom stereocenters. The van der Waals surface area contributed by atoms with E-state index in [1.165, 1.54) is 16.4 Å². The first-order valence-electron chi connectivity index (χ1n) is 8.38. The molecule has 0 aliphatic carbocycles. The van der Waals surface area contributed by atoms with Crippen LogP contribution in [0.2, 0.25) is 0 Å². The largest absolute Gasteiger partial charge is 0.271 e. The first-order chi connectivity index (χ1) is 13.2. The molecule has 0 unspecified atom stereocenters. The fourth-order valence-corrected chi connectivity index (χ4v) is 2.72. The second kappa shape index (κ2) is 7.17. The highest BCUT2D eigenvalue weighted by molar-refractivity contribution is 6.03. The summed E-state index contributed by atoms with van der Waals surface area (Å²) < 4.78 is 1.52. The zero-order valence-corrected chi connectivity index (χ0v) is 14.6. The molecule has 1 heterocycles. The highest BCUT2D eigenvalue weighted by Crippen LogP contribution is 2.16. The molecule has 7 nitrogen and oxygen atoms in total. The molecule has 0 saturated heterocycles. The molecular formula is C20H16N6O. The van der Waals surface area contributed by atoms with Crippen LogP contribution in [0.3, 0.4) is 0 Å². The van der Waals surface area contributed by atoms with Gasteiger partial charge < -0.3 is 0 Å². The summed E-state index contributed by atoms with van der Waals surface area (Å²) in [6, 6.07) is 21.2. The lowest BCUT2D eigenvalue weighted by atomic mass is 10.0. The highest BCUT2D eigenvalue weighted by Gasteiger charge is 2.06. The third-order valence-corrected chi connectivity index (χ3v) is 4.24. The minimum atomic E-state index is -0.279. The SMILES string of the molecule is CC(=NNC(=O)c1ccc(-n2cnnn2)cc1)c1ccc2ccccc2c1. The number of amides is 1. The van der Waals surface area contributed by atoms with Gasteiger partial charge in [-0.15, -0.1) is 5.10 Å². The van der Waals surface area contributed by atoms with Crippen molar-refractivity contribution in [1.82, 2.24) is 25.6 Å². The maximum absolute atomic E-state index is 12.3. The molecule has 3 aromatic carbocycles. The molecule has 1 amide bonds. The minimum absolute atomic E-state index is 0.279. The Labute approximate surface area is 155 Å². The van der Waals surface area contributed by atoms with Gasteiger partial charge in [-0.3, -0.25) is 4.79 Å². The van der Waals surface area contributed by atoms with Gasteiger partial charge in [0.25, 0.3) is 5.91 Å². The van der Waals surface area contributed by atoms with E-state index >= 15 is 0 Å². The van der Waals surface area contributed by atoms with Crippen molar-refractivity contribution in [2.24, 2.45) is 5.10 Å². The van der Waals surface area contributed by atoms with Gasteiger partial charge in [0.05, 0.1) is 11.4 Å². The van der Waals surface area contributed by atoms with E-state index in [-0.39, 0.29) is 5.91 Å². The quantitative estimate of drug-likeness (QED) is 0.450. The molecule has 0 bridgehead atoms. The predicted octanol–water partition coefficient (Wildman–Crippen LogP) is 2.97. The smallest absolute Gasteiger partial charge is 0.267 e. The fraction of sp³-hybridized carbons (Fsp3) is 0.0500. The maximum Gasteiger partial charge on any atom is 0.271 e. The van der Waals surface area contributed by atoms with Crippen LogP contribution in [0.25, 0.3) is 16.5 Å². The number of aromatic nitrogens is 4. The Morgan fingerprint density at radius 2 is 1.70 bits per heavy atom. The van der Waals surface area contributed by atoms with E-state index in [1.807, 2.05) is 31.2 Å². The van der Waals surface area contributed by atoms with E-state index in [4.69, 9.17) is 0 Å². The molecule has 27 heavy (non-hydrogen) atoms. The van der Waals surface area contributed by atoms with Crippen molar-refractivity contribution in [2.75, 3.05) is 0 Å². The lowest BCUT2D eigenvalue weighted by Crippen LogP contribution is -2.19. The van der Waals surface area contributed by atoms with Crippen molar-refractivity contribution < 1.29 is 4.79 Å². The molecule has 0 radical (unpaired) electrons. The number of tetrazole rings is 1. The number of nitrogens with zero attached hydrogens (tertiary/aromatic N) is 5. The van der Waals surface area contributed by atoms with Gasteiger partial charge in [0.1, 0.15) is 6.33 Å². The zero-order valence-electron chi connectivity index (χ0n) is 14.6. The van der Waals surface area contributed by atoms with Gasteiger partial charge in [0.15, 0.2) is 0 Å². The van der Waals surface area contributed by atoms with Gasteiger partial charge in [0.2, 0.25) is 0 Å². The van der Waals surface area contributed by atoms with Gasteiger partial charge in [-0.05, 0) is 64.0 Å². The summed E-state index contributed by atoms with van der Waals surface area (Å²) in [6.07, 6.45) is 1.49. The van der Waals surface area contributed by atoms with Crippen LogP contribution in [0, 0.1) is 0 Å². The molecular weight excluding hydrogens is 340 g/mol. The van der Waals surface area contributed by atoms with E-state index in [9.17, 15) is 4.79 Å². The molecule has 0 saturated carbocycles. The van der Waals surface area contributed by atoms with Crippen molar-refractivity contribution in [1.29, 1.82) is 0 Å². The average Bonchev–Trinajstić information content (AvgIpc) is 3.26. The van der Waals surface area contributed by atoms with E-state index in [2.05, 4.69) is 44.3 Å². The average molecular weight is 356 g/mol. The Hall–Kier alpha value is -3.87. The molecule has 4 rings (SSSR count). The molecule has 1 N–H and O–H groups in total.